The normalized spacial score (nSPS) is 17.1. The minimum atomic E-state index is -0.207. The SMILES string of the molecule is NC(Cc1ccccc1F)=NC1CC1. The average Bonchev–Trinajstić information content (AvgIpc) is 2.93. The van der Waals surface area contributed by atoms with Crippen LogP contribution in [0.5, 0.6) is 0 Å². The van der Waals surface area contributed by atoms with Crippen molar-refractivity contribution in [3.05, 3.63) is 35.6 Å². The van der Waals surface area contributed by atoms with Crippen molar-refractivity contribution in [3.8, 4) is 0 Å². The molecule has 2 rings (SSSR count). The van der Waals surface area contributed by atoms with E-state index in [0.29, 0.717) is 23.9 Å². The molecule has 0 spiro atoms. The maximum absolute atomic E-state index is 13.2. The predicted molar refractivity (Wildman–Crippen MR) is 54.7 cm³/mol. The quantitative estimate of drug-likeness (QED) is 0.576. The van der Waals surface area contributed by atoms with Gasteiger partial charge in [-0.05, 0) is 24.5 Å². The third-order valence-corrected chi connectivity index (χ3v) is 2.22. The Morgan fingerprint density at radius 2 is 2.14 bits per heavy atom. The number of halogens is 1. The molecule has 0 heterocycles. The molecule has 0 atom stereocenters. The number of benzene rings is 1. The minimum Gasteiger partial charge on any atom is -0.387 e. The van der Waals surface area contributed by atoms with E-state index in [1.165, 1.54) is 6.07 Å². The Labute approximate surface area is 82.7 Å². The Morgan fingerprint density at radius 1 is 1.43 bits per heavy atom. The molecule has 0 unspecified atom stereocenters. The van der Waals surface area contributed by atoms with Crippen LogP contribution in [0, 0.1) is 5.82 Å². The van der Waals surface area contributed by atoms with Gasteiger partial charge in [-0.15, -0.1) is 0 Å². The molecule has 1 aromatic carbocycles. The van der Waals surface area contributed by atoms with Crippen LogP contribution in [0.3, 0.4) is 0 Å². The minimum absolute atomic E-state index is 0.207. The second-order valence-corrected chi connectivity index (χ2v) is 3.62. The van der Waals surface area contributed by atoms with Crippen LogP contribution in [-0.4, -0.2) is 11.9 Å². The first-order valence-corrected chi connectivity index (χ1v) is 4.81. The fourth-order valence-electron chi connectivity index (χ4n) is 1.32. The first-order valence-electron chi connectivity index (χ1n) is 4.81. The van der Waals surface area contributed by atoms with Gasteiger partial charge in [0.2, 0.25) is 0 Å². The molecule has 0 saturated heterocycles. The monoisotopic (exact) mass is 192 g/mol. The number of nitrogens with zero attached hydrogens (tertiary/aromatic N) is 1. The van der Waals surface area contributed by atoms with E-state index in [4.69, 9.17) is 5.73 Å². The van der Waals surface area contributed by atoms with Gasteiger partial charge in [0, 0.05) is 6.42 Å². The van der Waals surface area contributed by atoms with Gasteiger partial charge >= 0.3 is 0 Å². The van der Waals surface area contributed by atoms with Crippen molar-refractivity contribution < 1.29 is 4.39 Å². The molecule has 0 bridgehead atoms. The van der Waals surface area contributed by atoms with Gasteiger partial charge in [0.1, 0.15) is 5.82 Å². The average molecular weight is 192 g/mol. The molecule has 1 aliphatic carbocycles. The molecule has 1 aromatic rings. The molecule has 3 heteroatoms. The maximum atomic E-state index is 13.2. The molecule has 14 heavy (non-hydrogen) atoms. The van der Waals surface area contributed by atoms with Crippen LogP contribution in [0.15, 0.2) is 29.3 Å². The lowest BCUT2D eigenvalue weighted by molar-refractivity contribution is 0.616. The number of rotatable bonds is 3. The van der Waals surface area contributed by atoms with Crippen molar-refractivity contribution in [2.24, 2.45) is 10.7 Å². The van der Waals surface area contributed by atoms with Gasteiger partial charge in [-0.1, -0.05) is 18.2 Å². The van der Waals surface area contributed by atoms with Crippen molar-refractivity contribution >= 4 is 5.84 Å². The summed E-state index contributed by atoms with van der Waals surface area (Å²) in [4.78, 5) is 4.25. The largest absolute Gasteiger partial charge is 0.387 e. The summed E-state index contributed by atoms with van der Waals surface area (Å²) in [5.41, 5.74) is 6.32. The summed E-state index contributed by atoms with van der Waals surface area (Å²) in [5.74, 6) is 0.332. The number of amidine groups is 1. The Balaban J connectivity index is 2.06. The molecule has 0 radical (unpaired) electrons. The topological polar surface area (TPSA) is 38.4 Å². The highest BCUT2D eigenvalue weighted by molar-refractivity contribution is 5.83. The highest BCUT2D eigenvalue weighted by atomic mass is 19.1. The highest BCUT2D eigenvalue weighted by Gasteiger charge is 2.20. The van der Waals surface area contributed by atoms with E-state index in [2.05, 4.69) is 4.99 Å². The number of aliphatic imine (C=N–C) groups is 1. The van der Waals surface area contributed by atoms with Crippen molar-refractivity contribution in [2.45, 2.75) is 25.3 Å². The third kappa shape index (κ3) is 2.31. The van der Waals surface area contributed by atoms with E-state index >= 15 is 0 Å². The van der Waals surface area contributed by atoms with Gasteiger partial charge in [-0.3, -0.25) is 4.99 Å². The van der Waals surface area contributed by atoms with Crippen molar-refractivity contribution in [1.29, 1.82) is 0 Å². The Bertz CT molecular complexity index is 356. The van der Waals surface area contributed by atoms with Crippen LogP contribution in [0.2, 0.25) is 0 Å². The molecule has 74 valence electrons. The van der Waals surface area contributed by atoms with Gasteiger partial charge in [0.15, 0.2) is 0 Å². The second-order valence-electron chi connectivity index (χ2n) is 3.62. The lowest BCUT2D eigenvalue weighted by Crippen LogP contribution is -2.16. The van der Waals surface area contributed by atoms with E-state index in [1.54, 1.807) is 12.1 Å². The summed E-state index contributed by atoms with van der Waals surface area (Å²) in [5, 5.41) is 0. The van der Waals surface area contributed by atoms with Crippen LogP contribution in [-0.2, 0) is 6.42 Å². The summed E-state index contributed by atoms with van der Waals surface area (Å²) in [6.45, 7) is 0. The molecular weight excluding hydrogens is 179 g/mol. The van der Waals surface area contributed by atoms with Crippen molar-refractivity contribution in [3.63, 3.8) is 0 Å². The van der Waals surface area contributed by atoms with E-state index in [-0.39, 0.29) is 5.82 Å². The van der Waals surface area contributed by atoms with Gasteiger partial charge in [0.25, 0.3) is 0 Å². The number of hydrogen-bond donors (Lipinski definition) is 1. The summed E-state index contributed by atoms with van der Waals surface area (Å²) in [7, 11) is 0. The summed E-state index contributed by atoms with van der Waals surface area (Å²) in [6.07, 6.45) is 2.67. The van der Waals surface area contributed by atoms with Crippen LogP contribution in [0.1, 0.15) is 18.4 Å². The van der Waals surface area contributed by atoms with E-state index < -0.39 is 0 Å². The second kappa shape index (κ2) is 3.78. The fourth-order valence-corrected chi connectivity index (χ4v) is 1.32. The Kier molecular flexibility index (Phi) is 2.48. The molecule has 1 aliphatic rings. The molecule has 0 aromatic heterocycles. The molecule has 0 amide bonds. The third-order valence-electron chi connectivity index (χ3n) is 2.22. The first kappa shape index (κ1) is 9.19. The van der Waals surface area contributed by atoms with Gasteiger partial charge in [-0.25, -0.2) is 4.39 Å². The molecule has 2 N–H and O–H groups in total. The Morgan fingerprint density at radius 3 is 2.79 bits per heavy atom. The van der Waals surface area contributed by atoms with E-state index in [1.807, 2.05) is 6.07 Å². The van der Waals surface area contributed by atoms with Crippen LogP contribution >= 0.6 is 0 Å². The van der Waals surface area contributed by atoms with Gasteiger partial charge in [-0.2, -0.15) is 0 Å². The number of hydrogen-bond acceptors (Lipinski definition) is 1. The molecule has 1 fully saturated rings. The van der Waals surface area contributed by atoms with Crippen LogP contribution in [0.25, 0.3) is 0 Å². The molecule has 2 nitrogen and oxygen atoms in total. The molecule has 1 saturated carbocycles. The summed E-state index contributed by atoms with van der Waals surface area (Å²) in [6, 6.07) is 7.07. The number of nitrogens with two attached hydrogens (primary N) is 1. The van der Waals surface area contributed by atoms with E-state index in [0.717, 1.165) is 12.8 Å². The van der Waals surface area contributed by atoms with Gasteiger partial charge in [0.05, 0.1) is 11.9 Å². The lowest BCUT2D eigenvalue weighted by atomic mass is 10.1. The fraction of sp³-hybridized carbons (Fsp3) is 0.364. The Hall–Kier alpha value is -1.38. The molecular formula is C11H13FN2. The smallest absolute Gasteiger partial charge is 0.126 e. The zero-order valence-corrected chi connectivity index (χ0v) is 7.91. The van der Waals surface area contributed by atoms with Crippen molar-refractivity contribution in [2.75, 3.05) is 0 Å². The standard InChI is InChI=1S/C11H13FN2/c12-10-4-2-1-3-8(10)7-11(13)14-9-5-6-9/h1-4,9H,5-7H2,(H2,13,14). The molecule has 0 aliphatic heterocycles. The summed E-state index contributed by atoms with van der Waals surface area (Å²) < 4.78 is 13.2. The highest BCUT2D eigenvalue weighted by Crippen LogP contribution is 2.23. The summed E-state index contributed by atoms with van der Waals surface area (Å²) >= 11 is 0. The van der Waals surface area contributed by atoms with E-state index in [9.17, 15) is 4.39 Å². The lowest BCUT2D eigenvalue weighted by Gasteiger charge is -2.02. The zero-order chi connectivity index (χ0) is 9.97. The zero-order valence-electron chi connectivity index (χ0n) is 7.91. The van der Waals surface area contributed by atoms with Crippen molar-refractivity contribution in [1.82, 2.24) is 0 Å². The predicted octanol–water partition coefficient (Wildman–Crippen LogP) is 1.89. The maximum Gasteiger partial charge on any atom is 0.126 e. The first-order chi connectivity index (χ1) is 6.75. The van der Waals surface area contributed by atoms with Crippen LogP contribution < -0.4 is 5.73 Å². The van der Waals surface area contributed by atoms with Crippen LogP contribution in [0.4, 0.5) is 4.39 Å². The van der Waals surface area contributed by atoms with Gasteiger partial charge < -0.3 is 5.73 Å².